The maximum absolute atomic E-state index is 13.9. The molecule has 0 bridgehead atoms. The van der Waals surface area contributed by atoms with Crippen LogP contribution >= 0.6 is 11.3 Å². The Hall–Kier alpha value is -1.46. The van der Waals surface area contributed by atoms with Crippen LogP contribution in [0.15, 0.2) is 24.3 Å². The molecule has 0 spiro atoms. The first-order valence-corrected chi connectivity index (χ1v) is 7.12. The maximum Gasteiger partial charge on any atom is 0.190 e. The van der Waals surface area contributed by atoms with Crippen molar-refractivity contribution in [3.8, 4) is 0 Å². The van der Waals surface area contributed by atoms with Gasteiger partial charge in [0.15, 0.2) is 5.13 Å². The van der Waals surface area contributed by atoms with Crippen LogP contribution in [0, 0.1) is 12.7 Å². The van der Waals surface area contributed by atoms with E-state index in [0.29, 0.717) is 12.2 Å². The summed E-state index contributed by atoms with van der Waals surface area (Å²) >= 11 is 1.61. The van der Waals surface area contributed by atoms with Gasteiger partial charge in [-0.3, -0.25) is 0 Å². The Kier molecular flexibility index (Phi) is 4.50. The molecule has 2 aromatic rings. The third-order valence-corrected chi connectivity index (χ3v) is 4.09. The predicted octanol–water partition coefficient (Wildman–Crippen LogP) is 3.47. The average Bonchev–Trinajstić information content (AvgIpc) is 2.75. The van der Waals surface area contributed by atoms with E-state index in [2.05, 4.69) is 10.3 Å². The van der Waals surface area contributed by atoms with Gasteiger partial charge < -0.3 is 10.2 Å². The quantitative estimate of drug-likeness (QED) is 0.908. The Balaban J connectivity index is 2.37. The largest absolute Gasteiger partial charge is 0.315 e. The number of thiazole rings is 1. The van der Waals surface area contributed by atoms with Crippen LogP contribution < -0.4 is 10.2 Å². The summed E-state index contributed by atoms with van der Waals surface area (Å²) in [6.07, 6.45) is 0. The van der Waals surface area contributed by atoms with E-state index in [1.165, 1.54) is 10.9 Å². The molecule has 1 aromatic carbocycles. The minimum absolute atomic E-state index is 0.215. The molecule has 0 amide bonds. The summed E-state index contributed by atoms with van der Waals surface area (Å²) in [4.78, 5) is 7.65. The van der Waals surface area contributed by atoms with E-state index in [9.17, 15) is 4.39 Å². The van der Waals surface area contributed by atoms with Crippen molar-refractivity contribution in [2.24, 2.45) is 0 Å². The summed E-state index contributed by atoms with van der Waals surface area (Å²) in [5.74, 6) is -0.215. The second-order valence-electron chi connectivity index (χ2n) is 4.23. The Labute approximate surface area is 117 Å². The summed E-state index contributed by atoms with van der Waals surface area (Å²) in [5, 5.41) is 3.97. The number of rotatable bonds is 5. The summed E-state index contributed by atoms with van der Waals surface area (Å²) in [7, 11) is 1.91. The highest BCUT2D eigenvalue weighted by atomic mass is 32.1. The van der Waals surface area contributed by atoms with E-state index in [4.69, 9.17) is 0 Å². The van der Waals surface area contributed by atoms with Crippen molar-refractivity contribution in [2.75, 3.05) is 18.5 Å². The zero-order chi connectivity index (χ0) is 13.8. The summed E-state index contributed by atoms with van der Waals surface area (Å²) < 4.78 is 13.9. The lowest BCUT2D eigenvalue weighted by molar-refractivity contribution is 0.625. The van der Waals surface area contributed by atoms with E-state index >= 15 is 0 Å². The normalized spacial score (nSPS) is 10.7. The van der Waals surface area contributed by atoms with Gasteiger partial charge in [0.2, 0.25) is 0 Å². The third kappa shape index (κ3) is 2.93. The monoisotopic (exact) mass is 279 g/mol. The number of hydrogen-bond donors (Lipinski definition) is 1. The summed E-state index contributed by atoms with van der Waals surface area (Å²) in [5.41, 5.74) is 1.58. The molecule has 0 saturated carbocycles. The van der Waals surface area contributed by atoms with Crippen LogP contribution in [0.5, 0.6) is 0 Å². The fraction of sp³-hybridized carbons (Fsp3) is 0.357. The van der Waals surface area contributed by atoms with Crippen molar-refractivity contribution in [3.05, 3.63) is 40.7 Å². The number of aromatic nitrogens is 1. The molecule has 5 heteroatoms. The number of anilines is 2. The first-order chi connectivity index (χ1) is 9.17. The van der Waals surface area contributed by atoms with E-state index in [-0.39, 0.29) is 5.82 Å². The van der Waals surface area contributed by atoms with Crippen molar-refractivity contribution in [2.45, 2.75) is 20.4 Å². The zero-order valence-corrected chi connectivity index (χ0v) is 12.2. The number of aryl methyl sites for hydroxylation is 1. The number of nitrogens with one attached hydrogen (secondary N) is 1. The minimum Gasteiger partial charge on any atom is -0.315 e. The number of nitrogens with zero attached hydrogens (tertiary/aromatic N) is 2. The smallest absolute Gasteiger partial charge is 0.190 e. The van der Waals surface area contributed by atoms with Gasteiger partial charge in [-0.15, -0.1) is 0 Å². The van der Waals surface area contributed by atoms with Crippen molar-refractivity contribution in [3.63, 3.8) is 0 Å². The molecule has 0 aliphatic carbocycles. The first kappa shape index (κ1) is 14.0. The number of halogens is 1. The van der Waals surface area contributed by atoms with Crippen LogP contribution in [0.1, 0.15) is 17.5 Å². The van der Waals surface area contributed by atoms with Gasteiger partial charge in [0.1, 0.15) is 5.82 Å². The molecule has 0 fully saturated rings. The molecular weight excluding hydrogens is 261 g/mol. The van der Waals surface area contributed by atoms with Crippen LogP contribution in [0.25, 0.3) is 0 Å². The van der Waals surface area contributed by atoms with E-state index in [0.717, 1.165) is 17.4 Å². The van der Waals surface area contributed by atoms with E-state index in [1.807, 2.05) is 31.9 Å². The fourth-order valence-electron chi connectivity index (χ4n) is 1.93. The number of benzene rings is 1. The number of para-hydroxylation sites is 1. The standard InChI is InChI=1S/C14H18FN3S/c1-4-18(12-8-6-5-7-11(12)15)14-17-10(2)13(19-14)9-16-3/h5-8,16H,4,9H2,1-3H3. The second kappa shape index (κ2) is 6.12. The highest BCUT2D eigenvalue weighted by Gasteiger charge is 2.16. The van der Waals surface area contributed by atoms with Gasteiger partial charge in [0, 0.05) is 18.0 Å². The van der Waals surface area contributed by atoms with Crippen molar-refractivity contribution in [1.82, 2.24) is 10.3 Å². The average molecular weight is 279 g/mol. The van der Waals surface area contributed by atoms with Crippen LogP contribution in [0.3, 0.4) is 0 Å². The highest BCUT2D eigenvalue weighted by molar-refractivity contribution is 7.15. The molecule has 3 nitrogen and oxygen atoms in total. The van der Waals surface area contributed by atoms with Gasteiger partial charge in [0.05, 0.1) is 11.4 Å². The molecule has 102 valence electrons. The molecular formula is C14H18FN3S. The lowest BCUT2D eigenvalue weighted by Crippen LogP contribution is -2.17. The number of hydrogen-bond acceptors (Lipinski definition) is 4. The zero-order valence-electron chi connectivity index (χ0n) is 11.4. The molecule has 1 heterocycles. The van der Waals surface area contributed by atoms with Gasteiger partial charge in [-0.2, -0.15) is 0 Å². The molecule has 2 rings (SSSR count). The Bertz CT molecular complexity index is 553. The molecule has 0 atom stereocenters. The molecule has 0 aliphatic rings. The summed E-state index contributed by atoms with van der Waals surface area (Å²) in [6, 6.07) is 6.81. The van der Waals surface area contributed by atoms with Gasteiger partial charge in [-0.05, 0) is 33.0 Å². The van der Waals surface area contributed by atoms with Crippen LogP contribution in [-0.4, -0.2) is 18.6 Å². The third-order valence-electron chi connectivity index (χ3n) is 2.91. The summed E-state index contributed by atoms with van der Waals surface area (Å²) in [6.45, 7) is 5.47. The molecule has 1 N–H and O–H groups in total. The first-order valence-electron chi connectivity index (χ1n) is 6.30. The topological polar surface area (TPSA) is 28.2 Å². The molecule has 19 heavy (non-hydrogen) atoms. The SMILES string of the molecule is CCN(c1nc(C)c(CNC)s1)c1ccccc1F. The predicted molar refractivity (Wildman–Crippen MR) is 78.7 cm³/mol. The second-order valence-corrected chi connectivity index (χ2v) is 5.29. The maximum atomic E-state index is 13.9. The molecule has 0 radical (unpaired) electrons. The van der Waals surface area contributed by atoms with Gasteiger partial charge in [-0.25, -0.2) is 9.37 Å². The lowest BCUT2D eigenvalue weighted by atomic mass is 10.3. The molecule has 0 saturated heterocycles. The molecule has 1 aromatic heterocycles. The van der Waals surface area contributed by atoms with Gasteiger partial charge in [-0.1, -0.05) is 23.5 Å². The van der Waals surface area contributed by atoms with Crippen molar-refractivity contribution >= 4 is 22.2 Å². The van der Waals surface area contributed by atoms with Crippen LogP contribution in [0.2, 0.25) is 0 Å². The fourth-order valence-corrected chi connectivity index (χ4v) is 3.08. The molecule has 0 aliphatic heterocycles. The Morgan fingerprint density at radius 2 is 2.11 bits per heavy atom. The molecule has 0 unspecified atom stereocenters. The van der Waals surface area contributed by atoms with Crippen LogP contribution in [-0.2, 0) is 6.54 Å². The van der Waals surface area contributed by atoms with Crippen molar-refractivity contribution in [1.29, 1.82) is 0 Å². The Morgan fingerprint density at radius 3 is 2.74 bits per heavy atom. The Morgan fingerprint density at radius 1 is 1.37 bits per heavy atom. The van der Waals surface area contributed by atoms with E-state index in [1.54, 1.807) is 23.5 Å². The van der Waals surface area contributed by atoms with Crippen LogP contribution in [0.4, 0.5) is 15.2 Å². The highest BCUT2D eigenvalue weighted by Crippen LogP contribution is 2.32. The van der Waals surface area contributed by atoms with Gasteiger partial charge >= 0.3 is 0 Å². The lowest BCUT2D eigenvalue weighted by Gasteiger charge is -2.20. The van der Waals surface area contributed by atoms with E-state index < -0.39 is 0 Å². The van der Waals surface area contributed by atoms with Gasteiger partial charge in [0.25, 0.3) is 0 Å². The minimum atomic E-state index is -0.215. The van der Waals surface area contributed by atoms with Crippen molar-refractivity contribution < 1.29 is 4.39 Å².